The fraction of sp³-hybridized carbons (Fsp3) is 1.00. The first-order chi connectivity index (χ1) is 9.55. The summed E-state index contributed by atoms with van der Waals surface area (Å²) >= 11 is 0. The van der Waals surface area contributed by atoms with Crippen molar-refractivity contribution in [2.45, 2.75) is 51.5 Å². The largest absolute Gasteiger partial charge is 0.317 e. The van der Waals surface area contributed by atoms with E-state index in [0.717, 1.165) is 45.3 Å². The van der Waals surface area contributed by atoms with Crippen LogP contribution in [0.4, 0.5) is 0 Å². The Hall–Kier alpha value is -0.170. The summed E-state index contributed by atoms with van der Waals surface area (Å²) in [6.45, 7) is 5.37. The van der Waals surface area contributed by atoms with Crippen LogP contribution in [0.15, 0.2) is 0 Å². The molecule has 0 aliphatic heterocycles. The fourth-order valence-electron chi connectivity index (χ4n) is 2.37. The van der Waals surface area contributed by atoms with Gasteiger partial charge in [-0.25, -0.2) is 0 Å². The second-order valence-electron chi connectivity index (χ2n) is 6.18. The summed E-state index contributed by atoms with van der Waals surface area (Å²) in [5.74, 6) is 0.616. The van der Waals surface area contributed by atoms with Gasteiger partial charge in [0, 0.05) is 26.2 Å². The van der Waals surface area contributed by atoms with E-state index in [1.54, 1.807) is 15.7 Å². The molecule has 0 radical (unpaired) electrons. The molecular formula is C14H29N3O2S. The zero-order chi connectivity index (χ0) is 14.6. The predicted molar refractivity (Wildman–Crippen MR) is 81.8 cm³/mol. The minimum atomic E-state index is -3.25. The average Bonchev–Trinajstić information content (AvgIpc) is 3.27. The summed E-state index contributed by atoms with van der Waals surface area (Å²) < 4.78 is 28.6. The monoisotopic (exact) mass is 303 g/mol. The Bertz CT molecular complexity index is 391. The standard InChI is InChI=1S/C14H29N3O2S/c1-3-9-15-10-4-11-16(2)20(18,19)17(14-7-8-14)12-13-5-6-13/h13-15H,3-12H2,1-2H3. The van der Waals surface area contributed by atoms with Crippen molar-refractivity contribution in [2.75, 3.05) is 33.2 Å². The summed E-state index contributed by atoms with van der Waals surface area (Å²) in [6.07, 6.45) is 6.46. The quantitative estimate of drug-likeness (QED) is 0.588. The molecule has 0 unspecified atom stereocenters. The highest BCUT2D eigenvalue weighted by atomic mass is 32.2. The molecule has 2 aliphatic rings. The Morgan fingerprint density at radius 3 is 2.40 bits per heavy atom. The van der Waals surface area contributed by atoms with Crippen molar-refractivity contribution in [3.05, 3.63) is 0 Å². The Morgan fingerprint density at radius 2 is 1.85 bits per heavy atom. The first kappa shape index (κ1) is 16.2. The Morgan fingerprint density at radius 1 is 1.15 bits per heavy atom. The van der Waals surface area contributed by atoms with Crippen LogP contribution in [0.3, 0.4) is 0 Å². The topological polar surface area (TPSA) is 52.7 Å². The molecule has 0 aromatic rings. The molecule has 0 spiro atoms. The fourth-order valence-corrected chi connectivity index (χ4v) is 4.08. The lowest BCUT2D eigenvalue weighted by molar-refractivity contribution is 0.340. The van der Waals surface area contributed by atoms with E-state index < -0.39 is 10.2 Å². The van der Waals surface area contributed by atoms with Crippen molar-refractivity contribution in [1.82, 2.24) is 13.9 Å². The Balaban J connectivity index is 1.79. The van der Waals surface area contributed by atoms with Gasteiger partial charge in [-0.1, -0.05) is 6.92 Å². The lowest BCUT2D eigenvalue weighted by atomic mass is 10.4. The average molecular weight is 303 g/mol. The predicted octanol–water partition coefficient (Wildman–Crippen LogP) is 1.43. The van der Waals surface area contributed by atoms with Crippen LogP contribution in [0.1, 0.15) is 45.4 Å². The van der Waals surface area contributed by atoms with Crippen LogP contribution in [0.25, 0.3) is 0 Å². The molecular weight excluding hydrogens is 274 g/mol. The number of hydrogen-bond acceptors (Lipinski definition) is 3. The van der Waals surface area contributed by atoms with Gasteiger partial charge in [-0.3, -0.25) is 0 Å². The van der Waals surface area contributed by atoms with Gasteiger partial charge in [0.05, 0.1) is 0 Å². The van der Waals surface area contributed by atoms with Crippen LogP contribution in [-0.4, -0.2) is 56.3 Å². The first-order valence-corrected chi connectivity index (χ1v) is 9.39. The molecule has 1 N–H and O–H groups in total. The third kappa shape index (κ3) is 4.69. The molecule has 0 amide bonds. The van der Waals surface area contributed by atoms with Gasteiger partial charge in [-0.05, 0) is 57.5 Å². The van der Waals surface area contributed by atoms with Gasteiger partial charge in [0.15, 0.2) is 0 Å². The molecule has 2 aliphatic carbocycles. The van der Waals surface area contributed by atoms with Crippen LogP contribution in [-0.2, 0) is 10.2 Å². The van der Waals surface area contributed by atoms with E-state index >= 15 is 0 Å². The third-order valence-corrected chi connectivity index (χ3v) is 6.04. The van der Waals surface area contributed by atoms with Crippen molar-refractivity contribution in [3.8, 4) is 0 Å². The lowest BCUT2D eigenvalue weighted by Crippen LogP contribution is -2.44. The molecule has 0 aromatic heterocycles. The number of nitrogens with zero attached hydrogens (tertiary/aromatic N) is 2. The number of rotatable bonds is 11. The van der Waals surface area contributed by atoms with Crippen molar-refractivity contribution in [3.63, 3.8) is 0 Å². The second kappa shape index (κ2) is 7.20. The minimum Gasteiger partial charge on any atom is -0.317 e. The smallest absolute Gasteiger partial charge is 0.281 e. The third-order valence-electron chi connectivity index (χ3n) is 4.03. The Kier molecular flexibility index (Phi) is 5.84. The summed E-state index contributed by atoms with van der Waals surface area (Å²) in [4.78, 5) is 0. The maximum atomic E-state index is 12.6. The summed E-state index contributed by atoms with van der Waals surface area (Å²) in [7, 11) is -1.53. The highest BCUT2D eigenvalue weighted by Crippen LogP contribution is 2.36. The summed E-state index contributed by atoms with van der Waals surface area (Å²) in [5, 5.41) is 3.31. The molecule has 2 saturated carbocycles. The maximum Gasteiger partial charge on any atom is 0.281 e. The molecule has 118 valence electrons. The van der Waals surface area contributed by atoms with E-state index in [1.807, 2.05) is 0 Å². The van der Waals surface area contributed by atoms with Crippen LogP contribution >= 0.6 is 0 Å². The molecule has 20 heavy (non-hydrogen) atoms. The molecule has 0 aromatic carbocycles. The molecule has 5 nitrogen and oxygen atoms in total. The van der Waals surface area contributed by atoms with Crippen LogP contribution < -0.4 is 5.32 Å². The maximum absolute atomic E-state index is 12.6. The van der Waals surface area contributed by atoms with Gasteiger partial charge >= 0.3 is 0 Å². The normalized spacial score (nSPS) is 20.0. The van der Waals surface area contributed by atoms with E-state index in [1.165, 1.54) is 12.8 Å². The highest BCUT2D eigenvalue weighted by Gasteiger charge is 2.41. The van der Waals surface area contributed by atoms with Crippen LogP contribution in [0.5, 0.6) is 0 Å². The van der Waals surface area contributed by atoms with E-state index in [0.29, 0.717) is 12.5 Å². The molecule has 0 saturated heterocycles. The van der Waals surface area contributed by atoms with Crippen LogP contribution in [0.2, 0.25) is 0 Å². The van der Waals surface area contributed by atoms with Crippen molar-refractivity contribution < 1.29 is 8.42 Å². The number of hydrogen-bond donors (Lipinski definition) is 1. The van der Waals surface area contributed by atoms with Gasteiger partial charge in [-0.15, -0.1) is 0 Å². The Labute approximate surface area is 123 Å². The van der Waals surface area contributed by atoms with Gasteiger partial charge in [0.25, 0.3) is 10.2 Å². The summed E-state index contributed by atoms with van der Waals surface area (Å²) in [5.41, 5.74) is 0. The van der Waals surface area contributed by atoms with Crippen molar-refractivity contribution in [1.29, 1.82) is 0 Å². The molecule has 0 atom stereocenters. The second-order valence-corrected chi connectivity index (χ2v) is 8.17. The van der Waals surface area contributed by atoms with Gasteiger partial charge in [-0.2, -0.15) is 17.0 Å². The van der Waals surface area contributed by atoms with Gasteiger partial charge in [0.2, 0.25) is 0 Å². The van der Waals surface area contributed by atoms with Gasteiger partial charge in [0.1, 0.15) is 0 Å². The summed E-state index contributed by atoms with van der Waals surface area (Å²) in [6, 6.07) is 0.279. The molecule has 6 heteroatoms. The zero-order valence-electron chi connectivity index (χ0n) is 12.8. The molecule has 0 heterocycles. The van der Waals surface area contributed by atoms with E-state index in [4.69, 9.17) is 0 Å². The van der Waals surface area contributed by atoms with Crippen molar-refractivity contribution in [2.24, 2.45) is 5.92 Å². The first-order valence-electron chi connectivity index (χ1n) is 7.99. The highest BCUT2D eigenvalue weighted by molar-refractivity contribution is 7.86. The number of nitrogens with one attached hydrogen (secondary N) is 1. The SMILES string of the molecule is CCCNCCCN(C)S(=O)(=O)N(CC1CC1)C1CC1. The minimum absolute atomic E-state index is 0.279. The molecule has 2 fully saturated rings. The lowest BCUT2D eigenvalue weighted by Gasteiger charge is -2.27. The van der Waals surface area contributed by atoms with E-state index in [-0.39, 0.29) is 6.04 Å². The zero-order valence-corrected chi connectivity index (χ0v) is 13.7. The van der Waals surface area contributed by atoms with Crippen LogP contribution in [0, 0.1) is 5.92 Å². The molecule has 2 rings (SSSR count). The molecule has 0 bridgehead atoms. The van der Waals surface area contributed by atoms with E-state index in [2.05, 4.69) is 12.2 Å². The van der Waals surface area contributed by atoms with Gasteiger partial charge < -0.3 is 5.32 Å². The van der Waals surface area contributed by atoms with Crippen molar-refractivity contribution >= 4 is 10.2 Å². The van der Waals surface area contributed by atoms with E-state index in [9.17, 15) is 8.42 Å².